The second kappa shape index (κ2) is 11.0. The van der Waals surface area contributed by atoms with E-state index in [2.05, 4.69) is 44.5 Å². The highest BCUT2D eigenvalue weighted by atomic mass is 35.5. The number of halogens is 1. The minimum Gasteiger partial charge on any atom is -0.467 e. The molecule has 0 saturated carbocycles. The molecule has 0 spiro atoms. The number of amides is 1. The van der Waals surface area contributed by atoms with Gasteiger partial charge < -0.3 is 19.9 Å². The molecule has 3 aromatic rings. The maximum atomic E-state index is 11.9. The molecule has 1 N–H and O–H groups in total. The van der Waals surface area contributed by atoms with Crippen molar-refractivity contribution in [2.45, 2.75) is 13.0 Å². The highest BCUT2D eigenvalue weighted by Gasteiger charge is 2.25. The number of likely N-dealkylation sites (N-methyl/N-ethyl adjacent to an activating group) is 1. The summed E-state index contributed by atoms with van der Waals surface area (Å²) in [6.07, 6.45) is 4.25. The van der Waals surface area contributed by atoms with E-state index >= 15 is 0 Å². The Labute approximate surface area is 209 Å². The summed E-state index contributed by atoms with van der Waals surface area (Å²) in [5, 5.41) is 7.58. The molecule has 34 heavy (non-hydrogen) atoms. The number of nitrogens with one attached hydrogen (secondary N) is 1. The molecule has 0 aliphatic carbocycles. The van der Waals surface area contributed by atoms with Gasteiger partial charge in [0.15, 0.2) is 0 Å². The predicted octanol–water partition coefficient (Wildman–Crippen LogP) is 4.28. The Morgan fingerprint density at radius 2 is 2.09 bits per heavy atom. The van der Waals surface area contributed by atoms with Gasteiger partial charge in [-0.25, -0.2) is 0 Å². The average molecular weight is 498 g/mol. The fraction of sp³-hybridized carbons (Fsp3) is 0.320. The maximum Gasteiger partial charge on any atom is 0.318 e. The van der Waals surface area contributed by atoms with Crippen molar-refractivity contribution in [1.82, 2.24) is 15.3 Å². The van der Waals surface area contributed by atoms with Crippen molar-refractivity contribution in [3.8, 4) is 6.01 Å². The first-order chi connectivity index (χ1) is 16.5. The van der Waals surface area contributed by atoms with Crippen molar-refractivity contribution < 1.29 is 9.53 Å². The molecule has 2 heterocycles. The molecular formula is C25H28ClN5O2S. The molecule has 9 heteroatoms. The fourth-order valence-electron chi connectivity index (χ4n) is 4.18. The summed E-state index contributed by atoms with van der Waals surface area (Å²) in [6.45, 7) is 2.59. The Balaban J connectivity index is 1.57. The van der Waals surface area contributed by atoms with E-state index in [1.54, 1.807) is 12.5 Å². The monoisotopic (exact) mass is 497 g/mol. The second-order valence-electron chi connectivity index (χ2n) is 8.00. The van der Waals surface area contributed by atoms with Crippen LogP contribution in [0.15, 0.2) is 47.9 Å². The van der Waals surface area contributed by atoms with Crippen LogP contribution in [0.5, 0.6) is 6.01 Å². The molecule has 0 atom stereocenters. The first kappa shape index (κ1) is 24.2. The number of hydrogen-bond donors (Lipinski definition) is 1. The van der Waals surface area contributed by atoms with Gasteiger partial charge in [-0.15, -0.1) is 11.8 Å². The molecule has 178 valence electrons. The molecule has 0 unspecified atom stereocenters. The highest BCUT2D eigenvalue weighted by molar-refractivity contribution is 8.01. The van der Waals surface area contributed by atoms with Gasteiger partial charge in [0, 0.05) is 49.4 Å². The van der Waals surface area contributed by atoms with Crippen LogP contribution < -0.4 is 19.9 Å². The normalized spacial score (nSPS) is 13.2. The lowest BCUT2D eigenvalue weighted by Crippen LogP contribution is -2.36. The van der Waals surface area contributed by atoms with E-state index in [0.717, 1.165) is 51.5 Å². The Bertz CT molecular complexity index is 1210. The van der Waals surface area contributed by atoms with Crippen molar-refractivity contribution in [1.29, 1.82) is 0 Å². The summed E-state index contributed by atoms with van der Waals surface area (Å²) in [5.41, 5.74) is 3.15. The number of carbonyl (C=O) groups excluding carboxylic acids is 1. The summed E-state index contributed by atoms with van der Waals surface area (Å²) in [6, 6.07) is 12.6. The maximum absolute atomic E-state index is 11.9. The van der Waals surface area contributed by atoms with Gasteiger partial charge in [-0.2, -0.15) is 9.97 Å². The van der Waals surface area contributed by atoms with Gasteiger partial charge in [-0.1, -0.05) is 35.9 Å². The van der Waals surface area contributed by atoms with E-state index in [9.17, 15) is 4.79 Å². The van der Waals surface area contributed by atoms with Crippen LogP contribution in [0.25, 0.3) is 10.8 Å². The van der Waals surface area contributed by atoms with E-state index in [0.29, 0.717) is 25.6 Å². The first-order valence-corrected chi connectivity index (χ1v) is 12.7. The molecule has 2 aromatic carbocycles. The first-order valence-electron chi connectivity index (χ1n) is 11.1. The molecule has 1 aliphatic rings. The molecular weight excluding hydrogens is 470 g/mol. The van der Waals surface area contributed by atoms with Crippen molar-refractivity contribution in [3.05, 3.63) is 64.2 Å². The van der Waals surface area contributed by atoms with Gasteiger partial charge in [0.25, 0.3) is 0 Å². The number of hydrogen-bond acceptors (Lipinski definition) is 7. The lowest BCUT2D eigenvalue weighted by molar-refractivity contribution is -0.116. The van der Waals surface area contributed by atoms with Crippen LogP contribution in [0.2, 0.25) is 5.02 Å². The number of anilines is 2. The minimum atomic E-state index is -0.102. The van der Waals surface area contributed by atoms with Gasteiger partial charge in [0.05, 0.1) is 24.4 Å². The van der Waals surface area contributed by atoms with Crippen LogP contribution in [0, 0.1) is 0 Å². The standard InChI is InChI=1S/C25H28ClN5O2S/c1-30(14-12-27-22(32)11-15-34-3)24-18-10-13-31(16-20(18)28-25(29-24)33-2)21-9-5-7-17-6-4-8-19(26)23(17)21/h4-9,11,15H,10,12-14,16H2,1-3H3,(H,27,32)/b15-11+. The number of rotatable bonds is 8. The number of aromatic nitrogens is 2. The van der Waals surface area contributed by atoms with E-state index in [-0.39, 0.29) is 5.91 Å². The molecule has 0 fully saturated rings. The Morgan fingerprint density at radius 3 is 2.85 bits per heavy atom. The molecule has 1 amide bonds. The second-order valence-corrected chi connectivity index (χ2v) is 9.15. The zero-order valence-electron chi connectivity index (χ0n) is 19.5. The van der Waals surface area contributed by atoms with E-state index in [1.807, 2.05) is 30.3 Å². The SMILES string of the molecule is COc1nc2c(c(N(C)CCNC(=O)/C=C/SC)n1)CCN(c1cccc3cccc(Cl)c13)C2. The number of thioether (sulfide) groups is 1. The molecule has 0 bridgehead atoms. The van der Waals surface area contributed by atoms with E-state index in [4.69, 9.17) is 16.3 Å². The number of nitrogens with zero attached hydrogens (tertiary/aromatic N) is 4. The molecule has 7 nitrogen and oxygen atoms in total. The summed E-state index contributed by atoms with van der Waals surface area (Å²) in [5.74, 6) is 0.737. The molecule has 0 saturated heterocycles. The smallest absolute Gasteiger partial charge is 0.318 e. The lowest BCUT2D eigenvalue weighted by Gasteiger charge is -2.33. The van der Waals surface area contributed by atoms with Gasteiger partial charge in [-0.05, 0) is 35.6 Å². The number of benzene rings is 2. The summed E-state index contributed by atoms with van der Waals surface area (Å²) in [7, 11) is 3.55. The lowest BCUT2D eigenvalue weighted by atomic mass is 10.0. The fourth-order valence-corrected chi connectivity index (χ4v) is 4.72. The van der Waals surface area contributed by atoms with Crippen LogP contribution in [-0.2, 0) is 17.8 Å². The molecule has 1 aromatic heterocycles. The molecule has 0 radical (unpaired) electrons. The number of methoxy groups -OCH3 is 1. The summed E-state index contributed by atoms with van der Waals surface area (Å²) >= 11 is 8.07. The largest absolute Gasteiger partial charge is 0.467 e. The van der Waals surface area contributed by atoms with Crippen LogP contribution in [-0.4, -0.2) is 55.9 Å². The number of fused-ring (bicyclic) bond motifs is 2. The van der Waals surface area contributed by atoms with E-state index < -0.39 is 0 Å². The third kappa shape index (κ3) is 5.23. The van der Waals surface area contributed by atoms with E-state index in [1.165, 1.54) is 17.8 Å². The predicted molar refractivity (Wildman–Crippen MR) is 141 cm³/mol. The van der Waals surface area contributed by atoms with Crippen molar-refractivity contribution in [2.24, 2.45) is 0 Å². The minimum absolute atomic E-state index is 0.102. The summed E-state index contributed by atoms with van der Waals surface area (Å²) in [4.78, 5) is 25.5. The van der Waals surface area contributed by atoms with Gasteiger partial charge >= 0.3 is 6.01 Å². The number of ether oxygens (including phenoxy) is 1. The number of carbonyl (C=O) groups is 1. The third-order valence-corrected chi connectivity index (χ3v) is 6.56. The highest BCUT2D eigenvalue weighted by Crippen LogP contribution is 2.36. The van der Waals surface area contributed by atoms with Gasteiger partial charge in [0.2, 0.25) is 5.91 Å². The Morgan fingerprint density at radius 1 is 1.29 bits per heavy atom. The van der Waals surface area contributed by atoms with Crippen LogP contribution in [0.3, 0.4) is 0 Å². The van der Waals surface area contributed by atoms with Crippen molar-refractivity contribution in [2.75, 3.05) is 49.8 Å². The Kier molecular flexibility index (Phi) is 7.80. The summed E-state index contributed by atoms with van der Waals surface area (Å²) < 4.78 is 5.42. The average Bonchev–Trinajstić information content (AvgIpc) is 2.86. The van der Waals surface area contributed by atoms with Crippen LogP contribution in [0.4, 0.5) is 11.5 Å². The van der Waals surface area contributed by atoms with Crippen LogP contribution >= 0.6 is 23.4 Å². The zero-order valence-corrected chi connectivity index (χ0v) is 21.1. The Hall–Kier alpha value is -2.97. The third-order valence-electron chi connectivity index (χ3n) is 5.84. The zero-order chi connectivity index (χ0) is 24.1. The van der Waals surface area contributed by atoms with Crippen molar-refractivity contribution in [3.63, 3.8) is 0 Å². The molecule has 4 rings (SSSR count). The quantitative estimate of drug-likeness (QED) is 0.465. The topological polar surface area (TPSA) is 70.6 Å². The van der Waals surface area contributed by atoms with Gasteiger partial charge in [-0.3, -0.25) is 4.79 Å². The molecule has 1 aliphatic heterocycles. The van der Waals surface area contributed by atoms with Crippen LogP contribution in [0.1, 0.15) is 11.3 Å². The van der Waals surface area contributed by atoms with Gasteiger partial charge in [0.1, 0.15) is 5.82 Å². The van der Waals surface area contributed by atoms with Crippen molar-refractivity contribution >= 4 is 51.5 Å².